The van der Waals surface area contributed by atoms with Gasteiger partial charge in [0.05, 0.1) is 12.2 Å². The highest BCUT2D eigenvalue weighted by Gasteiger charge is 2.33. The number of aliphatic hydroxyl groups is 1. The van der Waals surface area contributed by atoms with Gasteiger partial charge in [-0.2, -0.15) is 10.2 Å². The highest BCUT2D eigenvalue weighted by Crippen LogP contribution is 2.30. The maximum atomic E-state index is 14.5. The van der Waals surface area contributed by atoms with Crippen LogP contribution >= 0.6 is 11.6 Å². The molecule has 0 radical (unpaired) electrons. The number of rotatable bonds is 7. The topological polar surface area (TPSA) is 68.8 Å². The number of hydrogen-bond acceptors (Lipinski definition) is 4. The summed E-state index contributed by atoms with van der Waals surface area (Å²) < 4.78 is 30.9. The molecule has 9 heteroatoms. The SMILES string of the molecule is OC(CCn1ccc(-c2cccc(Cl)c2)n1)(Cn1cncn1)c1ccc(F)cc1F. The van der Waals surface area contributed by atoms with Gasteiger partial charge in [-0.25, -0.2) is 18.4 Å². The van der Waals surface area contributed by atoms with Crippen LogP contribution in [-0.2, 0) is 18.7 Å². The first-order valence-corrected chi connectivity index (χ1v) is 9.60. The molecule has 2 aromatic heterocycles. The van der Waals surface area contributed by atoms with Gasteiger partial charge in [0, 0.05) is 41.4 Å². The lowest BCUT2D eigenvalue weighted by molar-refractivity contribution is -0.00179. The first kappa shape index (κ1) is 20.2. The number of aromatic nitrogens is 5. The fourth-order valence-electron chi connectivity index (χ4n) is 3.34. The van der Waals surface area contributed by atoms with Gasteiger partial charge in [-0.1, -0.05) is 29.8 Å². The molecular formula is C21H18ClF2N5O. The third-order valence-electron chi connectivity index (χ3n) is 4.84. The summed E-state index contributed by atoms with van der Waals surface area (Å²) in [6, 6.07) is 12.3. The van der Waals surface area contributed by atoms with Gasteiger partial charge in [0.2, 0.25) is 0 Å². The Hall–Kier alpha value is -3.10. The molecule has 154 valence electrons. The lowest BCUT2D eigenvalue weighted by atomic mass is 9.89. The zero-order valence-electron chi connectivity index (χ0n) is 15.8. The second-order valence-corrected chi connectivity index (χ2v) is 7.41. The molecule has 0 saturated carbocycles. The first-order valence-electron chi connectivity index (χ1n) is 9.23. The summed E-state index contributed by atoms with van der Waals surface area (Å²) in [6.07, 6.45) is 4.64. The highest BCUT2D eigenvalue weighted by atomic mass is 35.5. The van der Waals surface area contributed by atoms with E-state index in [1.165, 1.54) is 23.4 Å². The summed E-state index contributed by atoms with van der Waals surface area (Å²) in [4.78, 5) is 3.86. The molecule has 0 aliphatic carbocycles. The Kier molecular flexibility index (Phi) is 5.61. The normalized spacial score (nSPS) is 13.3. The molecule has 0 bridgehead atoms. The Bertz CT molecular complexity index is 1150. The summed E-state index contributed by atoms with van der Waals surface area (Å²) in [7, 11) is 0. The zero-order chi connectivity index (χ0) is 21.1. The van der Waals surface area contributed by atoms with Crippen molar-refractivity contribution < 1.29 is 13.9 Å². The summed E-state index contributed by atoms with van der Waals surface area (Å²) in [5.74, 6) is -1.53. The van der Waals surface area contributed by atoms with Gasteiger partial charge in [0.25, 0.3) is 0 Å². The predicted octanol–water partition coefficient (Wildman–Crippen LogP) is 4.05. The Labute approximate surface area is 176 Å². The quantitative estimate of drug-likeness (QED) is 0.481. The average molecular weight is 430 g/mol. The summed E-state index contributed by atoms with van der Waals surface area (Å²) >= 11 is 6.04. The average Bonchev–Trinajstić information content (AvgIpc) is 3.38. The van der Waals surface area contributed by atoms with Crippen LogP contribution in [0.3, 0.4) is 0 Å². The maximum Gasteiger partial charge on any atom is 0.137 e. The van der Waals surface area contributed by atoms with E-state index >= 15 is 0 Å². The second kappa shape index (κ2) is 8.33. The Morgan fingerprint density at radius 1 is 1.07 bits per heavy atom. The maximum absolute atomic E-state index is 14.5. The fourth-order valence-corrected chi connectivity index (χ4v) is 3.53. The Morgan fingerprint density at radius 2 is 1.93 bits per heavy atom. The van der Waals surface area contributed by atoms with Crippen LogP contribution in [0.15, 0.2) is 67.4 Å². The van der Waals surface area contributed by atoms with E-state index in [4.69, 9.17) is 11.6 Å². The molecule has 30 heavy (non-hydrogen) atoms. The predicted molar refractivity (Wildman–Crippen MR) is 108 cm³/mol. The van der Waals surface area contributed by atoms with E-state index in [-0.39, 0.29) is 18.5 Å². The number of aryl methyl sites for hydroxylation is 1. The molecule has 4 aromatic rings. The van der Waals surface area contributed by atoms with Crippen LogP contribution in [0, 0.1) is 11.6 Å². The summed E-state index contributed by atoms with van der Waals surface area (Å²) in [5.41, 5.74) is -0.0659. The van der Waals surface area contributed by atoms with Gasteiger partial charge >= 0.3 is 0 Å². The van der Waals surface area contributed by atoms with Crippen molar-refractivity contribution >= 4 is 11.6 Å². The van der Waals surface area contributed by atoms with E-state index in [0.29, 0.717) is 11.6 Å². The lowest BCUT2D eigenvalue weighted by Crippen LogP contribution is -2.34. The number of nitrogens with zero attached hydrogens (tertiary/aromatic N) is 5. The van der Waals surface area contributed by atoms with Crippen LogP contribution in [0.1, 0.15) is 12.0 Å². The minimum Gasteiger partial charge on any atom is -0.383 e. The second-order valence-electron chi connectivity index (χ2n) is 6.97. The van der Waals surface area contributed by atoms with Gasteiger partial charge in [-0.05, 0) is 24.3 Å². The summed E-state index contributed by atoms with van der Waals surface area (Å²) in [6.45, 7) is 0.251. The van der Waals surface area contributed by atoms with E-state index in [1.807, 2.05) is 24.3 Å². The number of benzene rings is 2. The molecule has 0 saturated heterocycles. The molecule has 0 aliphatic rings. The van der Waals surface area contributed by atoms with Gasteiger partial charge in [0.1, 0.15) is 29.9 Å². The van der Waals surface area contributed by atoms with Crippen LogP contribution < -0.4 is 0 Å². The molecule has 2 aromatic carbocycles. The molecule has 6 nitrogen and oxygen atoms in total. The van der Waals surface area contributed by atoms with E-state index in [2.05, 4.69) is 15.2 Å². The van der Waals surface area contributed by atoms with Crippen molar-refractivity contribution in [1.82, 2.24) is 24.5 Å². The minimum atomic E-state index is -1.65. The van der Waals surface area contributed by atoms with Crippen LogP contribution in [0.2, 0.25) is 5.02 Å². The van der Waals surface area contributed by atoms with Crippen LogP contribution in [-0.4, -0.2) is 29.7 Å². The molecule has 1 atom stereocenters. The molecular weight excluding hydrogens is 412 g/mol. The van der Waals surface area contributed by atoms with Crippen LogP contribution in [0.4, 0.5) is 8.78 Å². The standard InChI is InChI=1S/C21H18ClF2N5O/c22-16-3-1-2-15(10-16)20-6-8-28(27-20)9-7-21(30,12-29-14-25-13-26-29)18-5-4-17(23)11-19(18)24/h1-6,8,10-11,13-14,30H,7,9,12H2. The molecule has 0 amide bonds. The molecule has 2 heterocycles. The van der Waals surface area contributed by atoms with Crippen molar-refractivity contribution in [2.24, 2.45) is 0 Å². The Balaban J connectivity index is 1.58. The molecule has 0 fully saturated rings. The molecule has 1 unspecified atom stereocenters. The van der Waals surface area contributed by atoms with Gasteiger partial charge in [0.15, 0.2) is 0 Å². The number of hydrogen-bond donors (Lipinski definition) is 1. The number of halogens is 3. The van der Waals surface area contributed by atoms with Crippen molar-refractivity contribution in [3.05, 3.63) is 89.6 Å². The van der Waals surface area contributed by atoms with Gasteiger partial charge in [-0.3, -0.25) is 4.68 Å². The fraction of sp³-hybridized carbons (Fsp3) is 0.190. The molecule has 0 spiro atoms. The monoisotopic (exact) mass is 429 g/mol. The van der Waals surface area contributed by atoms with Crippen molar-refractivity contribution in [3.63, 3.8) is 0 Å². The first-order chi connectivity index (χ1) is 14.4. The van der Waals surface area contributed by atoms with E-state index in [0.717, 1.165) is 23.4 Å². The highest BCUT2D eigenvalue weighted by molar-refractivity contribution is 6.30. The largest absolute Gasteiger partial charge is 0.383 e. The zero-order valence-corrected chi connectivity index (χ0v) is 16.5. The van der Waals surface area contributed by atoms with Crippen molar-refractivity contribution in [2.75, 3.05) is 0 Å². The summed E-state index contributed by atoms with van der Waals surface area (Å²) in [5, 5.41) is 20.5. The van der Waals surface area contributed by atoms with Crippen molar-refractivity contribution in [1.29, 1.82) is 0 Å². The Morgan fingerprint density at radius 3 is 2.67 bits per heavy atom. The van der Waals surface area contributed by atoms with Crippen LogP contribution in [0.25, 0.3) is 11.3 Å². The van der Waals surface area contributed by atoms with Crippen LogP contribution in [0.5, 0.6) is 0 Å². The van der Waals surface area contributed by atoms with E-state index in [1.54, 1.807) is 16.9 Å². The lowest BCUT2D eigenvalue weighted by Gasteiger charge is -2.29. The molecule has 1 N–H and O–H groups in total. The molecule has 4 rings (SSSR count). The van der Waals surface area contributed by atoms with Crippen molar-refractivity contribution in [3.8, 4) is 11.3 Å². The minimum absolute atomic E-state index is 0.0124. The molecule has 0 aliphatic heterocycles. The third kappa shape index (κ3) is 4.39. The smallest absolute Gasteiger partial charge is 0.137 e. The van der Waals surface area contributed by atoms with Crippen molar-refractivity contribution in [2.45, 2.75) is 25.1 Å². The van der Waals surface area contributed by atoms with Gasteiger partial charge < -0.3 is 5.11 Å². The van der Waals surface area contributed by atoms with E-state index in [9.17, 15) is 13.9 Å². The third-order valence-corrected chi connectivity index (χ3v) is 5.07. The van der Waals surface area contributed by atoms with Gasteiger partial charge in [-0.15, -0.1) is 0 Å². The van der Waals surface area contributed by atoms with E-state index < -0.39 is 17.2 Å².